The normalized spacial score (nSPS) is 14.1. The number of hydrogen-bond acceptors (Lipinski definition) is 5. The van der Waals surface area contributed by atoms with Crippen LogP contribution in [0.2, 0.25) is 0 Å². The highest BCUT2D eigenvalue weighted by Gasteiger charge is 2.31. The molecule has 5 nitrogen and oxygen atoms in total. The molecule has 0 spiro atoms. The molecule has 0 unspecified atom stereocenters. The standard InChI is InChI=1S/C17H16F3N3O2/c1-11-9-23(10-22-11)15-6-5-12(21)7-16(15)24-13-3-2-4-14(8-13)25-17(18,19)20/h2-9,22H,10,21H2,1H3. The highest BCUT2D eigenvalue weighted by molar-refractivity contribution is 5.67. The maximum absolute atomic E-state index is 12.4. The van der Waals surface area contributed by atoms with E-state index < -0.39 is 6.36 Å². The monoisotopic (exact) mass is 351 g/mol. The minimum atomic E-state index is -4.76. The summed E-state index contributed by atoms with van der Waals surface area (Å²) in [7, 11) is 0. The SMILES string of the molecule is CC1=CN(c2ccc(N)cc2Oc2cccc(OC(F)(F)F)c2)CN1. The van der Waals surface area contributed by atoms with Gasteiger partial charge in [-0.25, -0.2) is 0 Å². The molecule has 0 amide bonds. The molecule has 0 aromatic heterocycles. The molecule has 1 heterocycles. The molecular formula is C17H16F3N3O2. The smallest absolute Gasteiger partial charge is 0.455 e. The van der Waals surface area contributed by atoms with E-state index in [9.17, 15) is 13.2 Å². The number of benzene rings is 2. The van der Waals surface area contributed by atoms with Crippen LogP contribution in [0.5, 0.6) is 17.2 Å². The van der Waals surface area contributed by atoms with Crippen LogP contribution in [0.3, 0.4) is 0 Å². The molecular weight excluding hydrogens is 335 g/mol. The van der Waals surface area contributed by atoms with E-state index >= 15 is 0 Å². The Labute approximate surface area is 142 Å². The fraction of sp³-hybridized carbons (Fsp3) is 0.176. The van der Waals surface area contributed by atoms with E-state index in [1.165, 1.54) is 18.2 Å². The summed E-state index contributed by atoms with van der Waals surface area (Å²) in [4.78, 5) is 1.92. The minimum Gasteiger partial charge on any atom is -0.455 e. The molecule has 2 aromatic rings. The third-order valence-electron chi connectivity index (χ3n) is 3.44. The molecule has 1 aliphatic heterocycles. The predicted molar refractivity (Wildman–Crippen MR) is 88.3 cm³/mol. The van der Waals surface area contributed by atoms with E-state index in [-0.39, 0.29) is 11.5 Å². The van der Waals surface area contributed by atoms with Crippen LogP contribution in [0.4, 0.5) is 24.5 Å². The van der Waals surface area contributed by atoms with Crippen molar-refractivity contribution in [3.63, 3.8) is 0 Å². The first-order chi connectivity index (χ1) is 11.8. The topological polar surface area (TPSA) is 59.8 Å². The second-order valence-electron chi connectivity index (χ2n) is 5.47. The van der Waals surface area contributed by atoms with Gasteiger partial charge in [0.2, 0.25) is 0 Å². The van der Waals surface area contributed by atoms with Crippen LogP contribution in [0.15, 0.2) is 54.4 Å². The number of ether oxygens (including phenoxy) is 2. The number of halogens is 3. The van der Waals surface area contributed by atoms with E-state index in [2.05, 4.69) is 10.1 Å². The summed E-state index contributed by atoms with van der Waals surface area (Å²) < 4.78 is 46.8. The molecule has 0 radical (unpaired) electrons. The zero-order valence-electron chi connectivity index (χ0n) is 13.3. The van der Waals surface area contributed by atoms with Gasteiger partial charge in [-0.1, -0.05) is 6.07 Å². The van der Waals surface area contributed by atoms with Gasteiger partial charge < -0.3 is 25.4 Å². The number of rotatable bonds is 4. The zero-order valence-corrected chi connectivity index (χ0v) is 13.3. The molecule has 8 heteroatoms. The molecule has 132 valence electrons. The molecule has 0 saturated carbocycles. The molecule has 0 aliphatic carbocycles. The maximum atomic E-state index is 12.4. The van der Waals surface area contributed by atoms with Crippen LogP contribution in [0.1, 0.15) is 6.92 Å². The molecule has 0 bridgehead atoms. The van der Waals surface area contributed by atoms with Crippen LogP contribution in [-0.2, 0) is 0 Å². The van der Waals surface area contributed by atoms with Gasteiger partial charge in [0.05, 0.1) is 12.4 Å². The predicted octanol–water partition coefficient (Wildman–Crippen LogP) is 4.19. The van der Waals surface area contributed by atoms with Gasteiger partial charge in [-0.05, 0) is 31.2 Å². The fourth-order valence-corrected chi connectivity index (χ4v) is 2.40. The van der Waals surface area contributed by atoms with Gasteiger partial charge in [-0.3, -0.25) is 0 Å². The van der Waals surface area contributed by atoms with Gasteiger partial charge in [0.15, 0.2) is 5.75 Å². The summed E-state index contributed by atoms with van der Waals surface area (Å²) in [5.74, 6) is 0.285. The van der Waals surface area contributed by atoms with Crippen molar-refractivity contribution >= 4 is 11.4 Å². The summed E-state index contributed by atoms with van der Waals surface area (Å²) in [6, 6.07) is 10.5. The lowest BCUT2D eigenvalue weighted by atomic mass is 10.2. The second kappa shape index (κ2) is 6.46. The summed E-state index contributed by atoms with van der Waals surface area (Å²) in [6.45, 7) is 2.49. The Balaban J connectivity index is 1.88. The highest BCUT2D eigenvalue weighted by Crippen LogP contribution is 2.36. The van der Waals surface area contributed by atoms with Crippen molar-refractivity contribution in [2.45, 2.75) is 13.3 Å². The van der Waals surface area contributed by atoms with Crippen LogP contribution in [0.25, 0.3) is 0 Å². The maximum Gasteiger partial charge on any atom is 0.573 e. The number of nitrogens with zero attached hydrogens (tertiary/aromatic N) is 1. The second-order valence-corrected chi connectivity index (χ2v) is 5.47. The summed E-state index contributed by atoms with van der Waals surface area (Å²) in [6.07, 6.45) is -2.86. The van der Waals surface area contributed by atoms with Crippen molar-refractivity contribution in [3.05, 3.63) is 54.4 Å². The van der Waals surface area contributed by atoms with Crippen molar-refractivity contribution in [2.24, 2.45) is 0 Å². The first-order valence-corrected chi connectivity index (χ1v) is 7.42. The van der Waals surface area contributed by atoms with Gasteiger partial charge in [0.25, 0.3) is 0 Å². The lowest BCUT2D eigenvalue weighted by molar-refractivity contribution is -0.274. The van der Waals surface area contributed by atoms with Crippen LogP contribution >= 0.6 is 0 Å². The number of anilines is 2. The average molecular weight is 351 g/mol. The molecule has 0 atom stereocenters. The lowest BCUT2D eigenvalue weighted by Crippen LogP contribution is -2.20. The summed E-state index contributed by atoms with van der Waals surface area (Å²) in [5, 5.41) is 3.16. The van der Waals surface area contributed by atoms with Crippen LogP contribution < -0.4 is 25.4 Å². The van der Waals surface area contributed by atoms with Crippen molar-refractivity contribution in [2.75, 3.05) is 17.3 Å². The first-order valence-electron chi connectivity index (χ1n) is 7.42. The number of nitrogens with two attached hydrogens (primary N) is 1. The number of allylic oxidation sites excluding steroid dienone is 1. The van der Waals surface area contributed by atoms with E-state index in [4.69, 9.17) is 10.5 Å². The Bertz CT molecular complexity index is 806. The fourth-order valence-electron chi connectivity index (χ4n) is 2.40. The lowest BCUT2D eigenvalue weighted by Gasteiger charge is -2.20. The van der Waals surface area contributed by atoms with Gasteiger partial charge >= 0.3 is 6.36 Å². The largest absolute Gasteiger partial charge is 0.573 e. The molecule has 0 saturated heterocycles. The van der Waals surface area contributed by atoms with Crippen LogP contribution in [0, 0.1) is 0 Å². The Morgan fingerprint density at radius 2 is 1.88 bits per heavy atom. The van der Waals surface area contributed by atoms with E-state index in [1.807, 2.05) is 18.0 Å². The van der Waals surface area contributed by atoms with E-state index in [1.54, 1.807) is 24.3 Å². The molecule has 3 N–H and O–H groups in total. The van der Waals surface area contributed by atoms with Crippen molar-refractivity contribution in [3.8, 4) is 17.2 Å². The number of nitrogen functional groups attached to an aromatic ring is 1. The zero-order chi connectivity index (χ0) is 18.0. The number of alkyl halides is 3. The van der Waals surface area contributed by atoms with E-state index in [0.717, 1.165) is 11.4 Å². The third-order valence-corrected chi connectivity index (χ3v) is 3.44. The van der Waals surface area contributed by atoms with Gasteiger partial charge in [-0.2, -0.15) is 0 Å². The van der Waals surface area contributed by atoms with Gasteiger partial charge in [-0.15, -0.1) is 13.2 Å². The molecule has 25 heavy (non-hydrogen) atoms. The quantitative estimate of drug-likeness (QED) is 0.809. The number of nitrogens with one attached hydrogen (secondary N) is 1. The van der Waals surface area contributed by atoms with Gasteiger partial charge in [0, 0.05) is 29.7 Å². The summed E-state index contributed by atoms with van der Waals surface area (Å²) >= 11 is 0. The third kappa shape index (κ3) is 4.28. The molecule has 1 aliphatic rings. The average Bonchev–Trinajstić information content (AvgIpc) is 2.92. The van der Waals surface area contributed by atoms with Gasteiger partial charge in [0.1, 0.15) is 11.5 Å². The molecule has 2 aromatic carbocycles. The molecule has 0 fully saturated rings. The Kier molecular flexibility index (Phi) is 4.35. The van der Waals surface area contributed by atoms with Crippen molar-refractivity contribution < 1.29 is 22.6 Å². The minimum absolute atomic E-state index is 0.210. The van der Waals surface area contributed by atoms with E-state index in [0.29, 0.717) is 18.1 Å². The Morgan fingerprint density at radius 1 is 1.12 bits per heavy atom. The van der Waals surface area contributed by atoms with Crippen LogP contribution in [-0.4, -0.2) is 13.0 Å². The Hall–Kier alpha value is -3.03. The Morgan fingerprint density at radius 3 is 2.56 bits per heavy atom. The highest BCUT2D eigenvalue weighted by atomic mass is 19.4. The molecule has 3 rings (SSSR count). The number of hydrogen-bond donors (Lipinski definition) is 2. The van der Waals surface area contributed by atoms with Crippen molar-refractivity contribution in [1.29, 1.82) is 0 Å². The van der Waals surface area contributed by atoms with Crippen molar-refractivity contribution in [1.82, 2.24) is 5.32 Å². The first kappa shape index (κ1) is 16.8. The summed E-state index contributed by atoms with van der Waals surface area (Å²) in [5.41, 5.74) is 8.02.